The van der Waals surface area contributed by atoms with Gasteiger partial charge in [-0.15, -0.1) is 0 Å². The number of rotatable bonds is 5. The molecule has 1 aliphatic heterocycles. The fourth-order valence-corrected chi connectivity index (χ4v) is 3.02. The van der Waals surface area contributed by atoms with E-state index in [-0.39, 0.29) is 24.6 Å². The van der Waals surface area contributed by atoms with Gasteiger partial charge in [-0.2, -0.15) is 0 Å². The van der Waals surface area contributed by atoms with E-state index in [9.17, 15) is 4.79 Å². The number of imidazole rings is 1. The average molecular weight is 333 g/mol. The van der Waals surface area contributed by atoms with Gasteiger partial charge in [0.25, 0.3) is 0 Å². The van der Waals surface area contributed by atoms with Crippen LogP contribution in [-0.2, 0) is 9.53 Å². The minimum atomic E-state index is -0.134. The van der Waals surface area contributed by atoms with Gasteiger partial charge in [0.2, 0.25) is 5.91 Å². The first kappa shape index (κ1) is 16.7. The molecule has 0 spiro atoms. The molecule has 8 nitrogen and oxygen atoms in total. The second-order valence-corrected chi connectivity index (χ2v) is 6.24. The summed E-state index contributed by atoms with van der Waals surface area (Å²) >= 11 is 0. The molecule has 24 heavy (non-hydrogen) atoms. The molecule has 0 aromatic carbocycles. The lowest BCUT2D eigenvalue weighted by Crippen LogP contribution is -2.34. The third-order valence-corrected chi connectivity index (χ3v) is 4.40. The molecule has 3 heterocycles. The Morgan fingerprint density at radius 3 is 2.88 bits per heavy atom. The molecule has 8 heteroatoms. The lowest BCUT2D eigenvalue weighted by molar-refractivity contribution is -0.117. The van der Waals surface area contributed by atoms with Crippen LogP contribution in [-0.4, -0.2) is 52.2 Å². The summed E-state index contributed by atoms with van der Waals surface area (Å²) in [5, 5.41) is 6.54. The van der Waals surface area contributed by atoms with E-state index in [0.29, 0.717) is 18.1 Å². The van der Waals surface area contributed by atoms with Gasteiger partial charge < -0.3 is 19.6 Å². The second-order valence-electron chi connectivity index (χ2n) is 6.24. The highest BCUT2D eigenvalue weighted by atomic mass is 16.5. The zero-order valence-electron chi connectivity index (χ0n) is 14.4. The summed E-state index contributed by atoms with van der Waals surface area (Å²) < 4.78 is 10.5. The van der Waals surface area contributed by atoms with Crippen molar-refractivity contribution in [2.75, 3.05) is 25.5 Å². The Balaban J connectivity index is 1.70. The third-order valence-electron chi connectivity index (χ3n) is 4.40. The van der Waals surface area contributed by atoms with Crippen LogP contribution < -0.4 is 5.32 Å². The normalized spacial score (nSPS) is 21.3. The summed E-state index contributed by atoms with van der Waals surface area (Å²) in [5.41, 5.74) is 2.03. The van der Waals surface area contributed by atoms with Crippen molar-refractivity contribution < 1.29 is 14.1 Å². The maximum Gasteiger partial charge on any atom is 0.239 e. The van der Waals surface area contributed by atoms with Crippen LogP contribution in [0, 0.1) is 20.8 Å². The fourth-order valence-electron chi connectivity index (χ4n) is 3.02. The largest absolute Gasteiger partial charge is 0.380 e. The van der Waals surface area contributed by atoms with E-state index in [2.05, 4.69) is 25.3 Å². The van der Waals surface area contributed by atoms with Gasteiger partial charge >= 0.3 is 0 Å². The maximum atomic E-state index is 12.3. The van der Waals surface area contributed by atoms with Crippen LogP contribution in [0.3, 0.4) is 0 Å². The summed E-state index contributed by atoms with van der Waals surface area (Å²) in [7, 11) is 1.70. The Morgan fingerprint density at radius 2 is 2.29 bits per heavy atom. The van der Waals surface area contributed by atoms with E-state index in [1.807, 2.05) is 13.8 Å². The number of anilines is 1. The number of aromatic nitrogens is 3. The maximum absolute atomic E-state index is 12.3. The van der Waals surface area contributed by atoms with Gasteiger partial charge in [0.05, 0.1) is 24.4 Å². The zero-order chi connectivity index (χ0) is 17.3. The van der Waals surface area contributed by atoms with Crippen molar-refractivity contribution in [3.05, 3.63) is 29.0 Å². The van der Waals surface area contributed by atoms with Gasteiger partial charge in [0.1, 0.15) is 11.6 Å². The monoisotopic (exact) mass is 333 g/mol. The number of carbonyl (C=O) groups excluding carboxylic acids is 1. The van der Waals surface area contributed by atoms with Gasteiger partial charge in [-0.1, -0.05) is 5.16 Å². The van der Waals surface area contributed by atoms with Crippen molar-refractivity contribution >= 4 is 11.7 Å². The first-order valence-electron chi connectivity index (χ1n) is 7.99. The number of nitrogens with one attached hydrogen (secondary N) is 2. The number of nitrogens with zero attached hydrogens (tertiary/aromatic N) is 3. The van der Waals surface area contributed by atoms with E-state index in [1.54, 1.807) is 20.1 Å². The Labute approximate surface area is 140 Å². The van der Waals surface area contributed by atoms with Crippen molar-refractivity contribution in [2.24, 2.45) is 0 Å². The van der Waals surface area contributed by atoms with E-state index in [4.69, 9.17) is 9.26 Å². The van der Waals surface area contributed by atoms with Crippen LogP contribution >= 0.6 is 0 Å². The molecule has 0 unspecified atom stereocenters. The summed E-state index contributed by atoms with van der Waals surface area (Å²) in [6.45, 7) is 6.69. The minimum absolute atomic E-state index is 0.0344. The molecule has 0 saturated carbocycles. The highest BCUT2D eigenvalue weighted by Crippen LogP contribution is 2.32. The zero-order valence-corrected chi connectivity index (χ0v) is 14.4. The van der Waals surface area contributed by atoms with Gasteiger partial charge in [-0.3, -0.25) is 9.69 Å². The molecule has 1 saturated heterocycles. The third kappa shape index (κ3) is 3.49. The van der Waals surface area contributed by atoms with E-state index in [1.165, 1.54) is 0 Å². The number of aryl methyl sites for hydroxylation is 3. The van der Waals surface area contributed by atoms with E-state index in [0.717, 1.165) is 23.6 Å². The molecule has 0 bridgehead atoms. The molecular formula is C16H23N5O3. The Morgan fingerprint density at radius 1 is 1.50 bits per heavy atom. The SMILES string of the molecule is CO[C@@H]1C[C@@H](c2nc(C)c(C)[nH]2)N(CC(=O)Nc2cc(C)on2)C1. The Kier molecular flexibility index (Phi) is 4.68. The van der Waals surface area contributed by atoms with Crippen LogP contribution in [0.5, 0.6) is 0 Å². The Hall–Kier alpha value is -2.19. The van der Waals surface area contributed by atoms with Crippen LogP contribution in [0.2, 0.25) is 0 Å². The molecule has 1 amide bonds. The summed E-state index contributed by atoms with van der Waals surface area (Å²) in [4.78, 5) is 22.3. The number of carbonyl (C=O) groups is 1. The number of hydrogen-bond donors (Lipinski definition) is 2. The number of aromatic amines is 1. The molecular weight excluding hydrogens is 310 g/mol. The second kappa shape index (κ2) is 6.74. The van der Waals surface area contributed by atoms with E-state index < -0.39 is 0 Å². The molecule has 2 N–H and O–H groups in total. The van der Waals surface area contributed by atoms with Gasteiger partial charge in [-0.05, 0) is 27.2 Å². The van der Waals surface area contributed by atoms with Crippen molar-refractivity contribution in [1.29, 1.82) is 0 Å². The van der Waals surface area contributed by atoms with Gasteiger partial charge in [0, 0.05) is 25.4 Å². The van der Waals surface area contributed by atoms with Crippen molar-refractivity contribution in [3.8, 4) is 0 Å². The summed E-state index contributed by atoms with van der Waals surface area (Å²) in [5.74, 6) is 1.84. The highest BCUT2D eigenvalue weighted by Gasteiger charge is 2.36. The van der Waals surface area contributed by atoms with Gasteiger partial charge in [-0.25, -0.2) is 4.98 Å². The highest BCUT2D eigenvalue weighted by molar-refractivity contribution is 5.91. The number of ether oxygens (including phenoxy) is 1. The minimum Gasteiger partial charge on any atom is -0.380 e. The number of H-pyrrole nitrogens is 1. The van der Waals surface area contributed by atoms with Crippen LogP contribution in [0.1, 0.15) is 35.4 Å². The fraction of sp³-hybridized carbons (Fsp3) is 0.562. The topological polar surface area (TPSA) is 96.3 Å². The van der Waals surface area contributed by atoms with Crippen molar-refractivity contribution in [1.82, 2.24) is 20.0 Å². The number of likely N-dealkylation sites (tertiary alicyclic amines) is 1. The predicted molar refractivity (Wildman–Crippen MR) is 87.7 cm³/mol. The number of hydrogen-bond acceptors (Lipinski definition) is 6. The molecule has 2 aromatic rings. The first-order chi connectivity index (χ1) is 11.5. The quantitative estimate of drug-likeness (QED) is 0.865. The Bertz CT molecular complexity index is 704. The van der Waals surface area contributed by atoms with E-state index >= 15 is 0 Å². The number of methoxy groups -OCH3 is 1. The standard InChI is InChI=1S/C16H23N5O3/c1-9-5-14(20-24-9)19-15(22)8-21-7-12(23-4)6-13(21)16-17-10(2)11(3)18-16/h5,12-13H,6-8H2,1-4H3,(H,17,18)(H,19,20,22)/t12-,13+/m1/s1. The molecule has 1 fully saturated rings. The average Bonchev–Trinajstić information content (AvgIpc) is 3.20. The van der Waals surface area contributed by atoms with Crippen molar-refractivity contribution in [3.63, 3.8) is 0 Å². The van der Waals surface area contributed by atoms with Crippen LogP contribution in [0.25, 0.3) is 0 Å². The van der Waals surface area contributed by atoms with Crippen LogP contribution in [0.4, 0.5) is 5.82 Å². The summed E-state index contributed by atoms with van der Waals surface area (Å²) in [6.07, 6.45) is 0.891. The van der Waals surface area contributed by atoms with Gasteiger partial charge in [0.15, 0.2) is 5.82 Å². The molecule has 3 rings (SSSR count). The lowest BCUT2D eigenvalue weighted by atomic mass is 10.2. The van der Waals surface area contributed by atoms with Crippen molar-refractivity contribution in [2.45, 2.75) is 39.3 Å². The first-order valence-corrected chi connectivity index (χ1v) is 7.99. The predicted octanol–water partition coefficient (Wildman–Crippen LogP) is 1.72. The smallest absolute Gasteiger partial charge is 0.239 e. The molecule has 0 radical (unpaired) electrons. The number of amides is 1. The van der Waals surface area contributed by atoms with Crippen LogP contribution in [0.15, 0.2) is 10.6 Å². The lowest BCUT2D eigenvalue weighted by Gasteiger charge is -2.21. The molecule has 0 aliphatic carbocycles. The molecule has 1 aliphatic rings. The molecule has 2 aromatic heterocycles. The molecule has 130 valence electrons. The summed E-state index contributed by atoms with van der Waals surface area (Å²) in [6, 6.07) is 1.73. The molecule has 2 atom stereocenters.